The third-order valence-corrected chi connectivity index (χ3v) is 11.5. The summed E-state index contributed by atoms with van der Waals surface area (Å²) in [4.78, 5) is 37.9. The normalized spacial score (nSPS) is 12.1. The summed E-state index contributed by atoms with van der Waals surface area (Å²) in [6.07, 6.45) is 54.5. The predicted molar refractivity (Wildman–Crippen MR) is 252 cm³/mol. The van der Waals surface area contributed by atoms with Crippen LogP contribution < -0.4 is 0 Å². The average molecular weight is 831 g/mol. The molecule has 0 aromatic heterocycles. The van der Waals surface area contributed by atoms with E-state index in [1.807, 2.05) is 0 Å². The molecule has 346 valence electrons. The van der Waals surface area contributed by atoms with Crippen LogP contribution in [0.2, 0.25) is 0 Å². The van der Waals surface area contributed by atoms with Crippen LogP contribution in [0.25, 0.3) is 0 Å². The second-order valence-electron chi connectivity index (χ2n) is 17.4. The molecule has 0 spiro atoms. The van der Waals surface area contributed by atoms with Crippen molar-refractivity contribution in [2.75, 3.05) is 13.2 Å². The van der Waals surface area contributed by atoms with Crippen molar-refractivity contribution < 1.29 is 28.6 Å². The molecule has 0 saturated heterocycles. The van der Waals surface area contributed by atoms with Crippen molar-refractivity contribution in [2.24, 2.45) is 0 Å². The minimum absolute atomic E-state index is 0.0724. The van der Waals surface area contributed by atoms with Gasteiger partial charge < -0.3 is 14.2 Å². The van der Waals surface area contributed by atoms with Gasteiger partial charge in [-0.2, -0.15) is 0 Å². The number of carbonyl (C=O) groups is 3. The quantitative estimate of drug-likeness (QED) is 0.0263. The fourth-order valence-electron chi connectivity index (χ4n) is 7.53. The fourth-order valence-corrected chi connectivity index (χ4v) is 7.53. The monoisotopic (exact) mass is 831 g/mol. The molecule has 0 heterocycles. The van der Waals surface area contributed by atoms with Gasteiger partial charge in [-0.15, -0.1) is 0 Å². The van der Waals surface area contributed by atoms with E-state index in [9.17, 15) is 14.4 Å². The summed E-state index contributed by atoms with van der Waals surface area (Å²) in [5, 5.41) is 0. The smallest absolute Gasteiger partial charge is 0.306 e. The van der Waals surface area contributed by atoms with Crippen LogP contribution in [0, 0.1) is 0 Å². The lowest BCUT2D eigenvalue weighted by atomic mass is 10.0. The van der Waals surface area contributed by atoms with E-state index in [-0.39, 0.29) is 31.1 Å². The Labute approximate surface area is 366 Å². The number of hydrogen-bond acceptors (Lipinski definition) is 6. The molecular weight excluding hydrogens is 733 g/mol. The van der Waals surface area contributed by atoms with Crippen LogP contribution >= 0.6 is 0 Å². The van der Waals surface area contributed by atoms with Crippen LogP contribution in [0.3, 0.4) is 0 Å². The molecule has 6 nitrogen and oxygen atoms in total. The molecule has 0 bridgehead atoms. The van der Waals surface area contributed by atoms with Gasteiger partial charge in [0.2, 0.25) is 0 Å². The van der Waals surface area contributed by atoms with Gasteiger partial charge in [0.25, 0.3) is 0 Å². The van der Waals surface area contributed by atoms with Crippen molar-refractivity contribution in [3.8, 4) is 0 Å². The molecule has 0 aliphatic rings. The molecule has 0 saturated carbocycles. The molecule has 0 N–H and O–H groups in total. The summed E-state index contributed by atoms with van der Waals surface area (Å²) in [6.45, 7) is 6.61. The number of rotatable bonds is 47. The molecule has 59 heavy (non-hydrogen) atoms. The largest absolute Gasteiger partial charge is 0.462 e. The van der Waals surface area contributed by atoms with E-state index in [4.69, 9.17) is 14.2 Å². The summed E-state index contributed by atoms with van der Waals surface area (Å²) in [6, 6.07) is 0. The molecular formula is C53H98O6. The maximum Gasteiger partial charge on any atom is 0.306 e. The minimum Gasteiger partial charge on any atom is -0.462 e. The molecule has 0 fully saturated rings. The third-order valence-electron chi connectivity index (χ3n) is 11.5. The van der Waals surface area contributed by atoms with Gasteiger partial charge in [0.05, 0.1) is 0 Å². The highest BCUT2D eigenvalue weighted by Crippen LogP contribution is 2.16. The van der Waals surface area contributed by atoms with E-state index in [1.54, 1.807) is 0 Å². The van der Waals surface area contributed by atoms with Gasteiger partial charge in [0.1, 0.15) is 13.2 Å². The van der Waals surface area contributed by atoms with Gasteiger partial charge in [0, 0.05) is 19.3 Å². The fraction of sp³-hybridized carbons (Fsp3) is 0.868. The predicted octanol–water partition coefficient (Wildman–Crippen LogP) is 16.8. The van der Waals surface area contributed by atoms with Gasteiger partial charge in [-0.05, 0) is 51.4 Å². The summed E-state index contributed by atoms with van der Waals surface area (Å²) in [5.41, 5.74) is 0. The molecule has 0 aromatic carbocycles. The molecule has 0 aromatic rings. The zero-order chi connectivity index (χ0) is 43.0. The van der Waals surface area contributed by atoms with Crippen LogP contribution in [0.5, 0.6) is 0 Å². The summed E-state index contributed by atoms with van der Waals surface area (Å²) in [5.74, 6) is -0.876. The topological polar surface area (TPSA) is 78.9 Å². The Kier molecular flexibility index (Phi) is 46.8. The minimum atomic E-state index is -0.771. The van der Waals surface area contributed by atoms with Crippen molar-refractivity contribution in [2.45, 2.75) is 284 Å². The van der Waals surface area contributed by atoms with Crippen LogP contribution in [-0.4, -0.2) is 37.2 Å². The first kappa shape index (κ1) is 56.9. The van der Waals surface area contributed by atoms with Gasteiger partial charge >= 0.3 is 17.9 Å². The summed E-state index contributed by atoms with van der Waals surface area (Å²) < 4.78 is 16.8. The number of carbonyl (C=O) groups excluding carboxylic acids is 3. The average Bonchev–Trinajstić information content (AvgIpc) is 3.23. The first-order chi connectivity index (χ1) is 29.0. The Morgan fingerprint density at radius 3 is 0.966 bits per heavy atom. The van der Waals surface area contributed by atoms with Crippen molar-refractivity contribution in [3.63, 3.8) is 0 Å². The van der Waals surface area contributed by atoms with E-state index in [2.05, 4.69) is 45.1 Å². The van der Waals surface area contributed by atoms with Crippen LogP contribution in [0.1, 0.15) is 278 Å². The van der Waals surface area contributed by atoms with Gasteiger partial charge in [-0.1, -0.05) is 231 Å². The zero-order valence-electron chi connectivity index (χ0n) is 39.5. The second kappa shape index (κ2) is 48.6. The highest BCUT2D eigenvalue weighted by atomic mass is 16.6. The lowest BCUT2D eigenvalue weighted by Crippen LogP contribution is -2.30. The number of unbranched alkanes of at least 4 members (excludes halogenated alkanes) is 32. The van der Waals surface area contributed by atoms with Crippen molar-refractivity contribution in [3.05, 3.63) is 24.3 Å². The Bertz CT molecular complexity index is 958. The highest BCUT2D eigenvalue weighted by molar-refractivity contribution is 5.71. The maximum atomic E-state index is 12.8. The first-order valence-electron chi connectivity index (χ1n) is 25.8. The highest BCUT2D eigenvalue weighted by Gasteiger charge is 2.19. The molecule has 0 rings (SSSR count). The third kappa shape index (κ3) is 46.8. The van der Waals surface area contributed by atoms with Crippen LogP contribution in [0.4, 0.5) is 0 Å². The molecule has 0 radical (unpaired) electrons. The van der Waals surface area contributed by atoms with E-state index in [0.717, 1.165) is 77.0 Å². The maximum absolute atomic E-state index is 12.8. The number of allylic oxidation sites excluding steroid dienone is 4. The standard InChI is InChI=1S/C53H98O6/c1-4-7-10-13-16-19-21-23-25-26-28-29-31-34-37-40-43-46-52(55)58-49-50(48-57-51(54)45-42-39-36-33-18-15-12-9-6-3)59-53(56)47-44-41-38-35-32-30-27-24-22-20-17-14-11-8-5-2/h17,20,24,27,50H,4-16,18-19,21-23,25-26,28-49H2,1-3H3/b20-17-,27-24-/t50-/m1/s1. The lowest BCUT2D eigenvalue weighted by molar-refractivity contribution is -0.167. The molecule has 6 heteroatoms. The van der Waals surface area contributed by atoms with Crippen LogP contribution in [-0.2, 0) is 28.6 Å². The van der Waals surface area contributed by atoms with Crippen LogP contribution in [0.15, 0.2) is 24.3 Å². The van der Waals surface area contributed by atoms with Crippen molar-refractivity contribution in [1.82, 2.24) is 0 Å². The van der Waals surface area contributed by atoms with E-state index < -0.39 is 6.10 Å². The number of hydrogen-bond donors (Lipinski definition) is 0. The zero-order valence-corrected chi connectivity index (χ0v) is 39.5. The molecule has 0 unspecified atom stereocenters. The molecule has 1 atom stereocenters. The Balaban J connectivity index is 4.30. The SMILES string of the molecule is CCCCC/C=C\C/C=C\CCCCCCCC(=O)O[C@H](COC(=O)CCCCCCCCCCC)COC(=O)CCCCCCCCCCCCCCCCCCC. The van der Waals surface area contributed by atoms with Crippen molar-refractivity contribution >= 4 is 17.9 Å². The first-order valence-corrected chi connectivity index (χ1v) is 25.8. The van der Waals surface area contributed by atoms with Gasteiger partial charge in [0.15, 0.2) is 6.10 Å². The number of ether oxygens (including phenoxy) is 3. The molecule has 0 aliphatic heterocycles. The summed E-state index contributed by atoms with van der Waals surface area (Å²) in [7, 11) is 0. The summed E-state index contributed by atoms with van der Waals surface area (Å²) >= 11 is 0. The Hall–Kier alpha value is -2.11. The van der Waals surface area contributed by atoms with E-state index >= 15 is 0 Å². The van der Waals surface area contributed by atoms with Gasteiger partial charge in [-0.25, -0.2) is 0 Å². The lowest BCUT2D eigenvalue weighted by Gasteiger charge is -2.18. The van der Waals surface area contributed by atoms with E-state index in [1.165, 1.54) is 161 Å². The Morgan fingerprint density at radius 2 is 0.610 bits per heavy atom. The Morgan fingerprint density at radius 1 is 0.339 bits per heavy atom. The molecule has 0 aliphatic carbocycles. The van der Waals surface area contributed by atoms with Crippen molar-refractivity contribution in [1.29, 1.82) is 0 Å². The molecule has 0 amide bonds. The van der Waals surface area contributed by atoms with E-state index in [0.29, 0.717) is 19.3 Å². The second-order valence-corrected chi connectivity index (χ2v) is 17.4. The van der Waals surface area contributed by atoms with Gasteiger partial charge in [-0.3, -0.25) is 14.4 Å². The number of esters is 3.